The summed E-state index contributed by atoms with van der Waals surface area (Å²) in [5.41, 5.74) is 0. The van der Waals surface area contributed by atoms with Crippen LogP contribution in [0.25, 0.3) is 0 Å². The minimum atomic E-state index is 0.566. The molecule has 0 aromatic heterocycles. The highest BCUT2D eigenvalue weighted by Gasteiger charge is 1.94. The molecule has 102 valence electrons. The predicted octanol–water partition coefficient (Wildman–Crippen LogP) is 3.66. The Morgan fingerprint density at radius 2 is 1.50 bits per heavy atom. The summed E-state index contributed by atoms with van der Waals surface area (Å²) >= 11 is 3.38. The molecule has 0 spiro atoms. The van der Waals surface area contributed by atoms with E-state index in [0.717, 1.165) is 23.2 Å². The SMILES string of the molecule is CCCCOCCOCCOc1ccc(Br)cc1. The molecule has 0 N–H and O–H groups in total. The standard InChI is InChI=1S/C14H21BrO3/c1-2-3-8-16-9-10-17-11-12-18-14-6-4-13(15)5-7-14/h4-7H,2-3,8-12H2,1H3. The average molecular weight is 317 g/mol. The Kier molecular flexibility index (Phi) is 8.90. The summed E-state index contributed by atoms with van der Waals surface area (Å²) in [6.45, 7) is 5.43. The lowest BCUT2D eigenvalue weighted by Gasteiger charge is -2.07. The van der Waals surface area contributed by atoms with Crippen molar-refractivity contribution in [3.8, 4) is 5.75 Å². The molecule has 1 aromatic carbocycles. The minimum absolute atomic E-state index is 0.566. The molecule has 0 heterocycles. The number of ether oxygens (including phenoxy) is 3. The number of hydrogen-bond donors (Lipinski definition) is 0. The number of unbranched alkanes of at least 4 members (excludes halogenated alkanes) is 1. The molecule has 0 aliphatic heterocycles. The maximum absolute atomic E-state index is 5.52. The quantitative estimate of drug-likeness (QED) is 0.616. The topological polar surface area (TPSA) is 27.7 Å². The van der Waals surface area contributed by atoms with Gasteiger partial charge in [0.15, 0.2) is 0 Å². The molecule has 3 nitrogen and oxygen atoms in total. The van der Waals surface area contributed by atoms with Crippen LogP contribution in [0.2, 0.25) is 0 Å². The van der Waals surface area contributed by atoms with E-state index in [4.69, 9.17) is 14.2 Å². The van der Waals surface area contributed by atoms with Crippen LogP contribution in [-0.2, 0) is 9.47 Å². The molecule has 0 saturated carbocycles. The fourth-order valence-corrected chi connectivity index (χ4v) is 1.58. The number of halogens is 1. The van der Waals surface area contributed by atoms with Crippen molar-refractivity contribution in [3.63, 3.8) is 0 Å². The molecule has 0 radical (unpaired) electrons. The lowest BCUT2D eigenvalue weighted by molar-refractivity contribution is 0.0356. The third-order valence-corrected chi connectivity index (χ3v) is 2.85. The van der Waals surface area contributed by atoms with Gasteiger partial charge in [-0.15, -0.1) is 0 Å². The van der Waals surface area contributed by atoms with Gasteiger partial charge in [0.1, 0.15) is 12.4 Å². The number of rotatable bonds is 10. The lowest BCUT2D eigenvalue weighted by Crippen LogP contribution is -2.11. The van der Waals surface area contributed by atoms with Gasteiger partial charge in [0, 0.05) is 11.1 Å². The Balaban J connectivity index is 1.91. The van der Waals surface area contributed by atoms with Crippen molar-refractivity contribution in [1.29, 1.82) is 0 Å². The average Bonchev–Trinajstić information content (AvgIpc) is 2.39. The molecule has 1 rings (SSSR count). The van der Waals surface area contributed by atoms with E-state index in [-0.39, 0.29) is 0 Å². The van der Waals surface area contributed by atoms with Crippen LogP contribution >= 0.6 is 15.9 Å². The van der Waals surface area contributed by atoms with E-state index in [2.05, 4.69) is 22.9 Å². The highest BCUT2D eigenvalue weighted by atomic mass is 79.9. The molecular weight excluding hydrogens is 296 g/mol. The Morgan fingerprint density at radius 3 is 2.17 bits per heavy atom. The largest absolute Gasteiger partial charge is 0.491 e. The molecule has 0 aliphatic rings. The molecule has 4 heteroatoms. The Morgan fingerprint density at radius 1 is 0.889 bits per heavy atom. The van der Waals surface area contributed by atoms with Gasteiger partial charge in [0.25, 0.3) is 0 Å². The fourth-order valence-electron chi connectivity index (χ4n) is 1.32. The molecule has 0 saturated heterocycles. The molecular formula is C14H21BrO3. The van der Waals surface area contributed by atoms with Gasteiger partial charge in [-0.2, -0.15) is 0 Å². The number of benzene rings is 1. The molecule has 0 unspecified atom stereocenters. The molecule has 0 bridgehead atoms. The third-order valence-electron chi connectivity index (χ3n) is 2.32. The zero-order valence-corrected chi connectivity index (χ0v) is 12.4. The summed E-state index contributed by atoms with van der Waals surface area (Å²) in [6, 6.07) is 7.77. The second kappa shape index (κ2) is 10.4. The normalized spacial score (nSPS) is 10.6. The van der Waals surface area contributed by atoms with E-state index in [1.54, 1.807) is 0 Å². The van der Waals surface area contributed by atoms with E-state index in [1.165, 1.54) is 6.42 Å². The van der Waals surface area contributed by atoms with Crippen molar-refractivity contribution in [3.05, 3.63) is 28.7 Å². The van der Waals surface area contributed by atoms with Gasteiger partial charge in [-0.05, 0) is 30.7 Å². The molecule has 0 atom stereocenters. The first-order chi connectivity index (χ1) is 8.83. The van der Waals surface area contributed by atoms with Crippen LogP contribution in [0.4, 0.5) is 0 Å². The highest BCUT2D eigenvalue weighted by Crippen LogP contribution is 2.15. The molecule has 0 amide bonds. The summed E-state index contributed by atoms with van der Waals surface area (Å²) in [5, 5.41) is 0. The van der Waals surface area contributed by atoms with Gasteiger partial charge >= 0.3 is 0 Å². The molecule has 1 aromatic rings. The fraction of sp³-hybridized carbons (Fsp3) is 0.571. The Hall–Kier alpha value is -0.580. The van der Waals surface area contributed by atoms with Crippen molar-refractivity contribution in [1.82, 2.24) is 0 Å². The van der Waals surface area contributed by atoms with Crippen LogP contribution in [0.1, 0.15) is 19.8 Å². The van der Waals surface area contributed by atoms with Crippen LogP contribution in [0.3, 0.4) is 0 Å². The van der Waals surface area contributed by atoms with Crippen molar-refractivity contribution in [2.24, 2.45) is 0 Å². The van der Waals surface area contributed by atoms with Crippen LogP contribution in [0.15, 0.2) is 28.7 Å². The first-order valence-corrected chi connectivity index (χ1v) is 7.16. The summed E-state index contributed by atoms with van der Waals surface area (Å²) in [4.78, 5) is 0. The van der Waals surface area contributed by atoms with Crippen molar-refractivity contribution in [2.45, 2.75) is 19.8 Å². The second-order valence-corrected chi connectivity index (χ2v) is 4.80. The van der Waals surface area contributed by atoms with Gasteiger partial charge in [0.05, 0.1) is 19.8 Å². The van der Waals surface area contributed by atoms with E-state index in [0.29, 0.717) is 26.4 Å². The van der Waals surface area contributed by atoms with Crippen molar-refractivity contribution < 1.29 is 14.2 Å². The highest BCUT2D eigenvalue weighted by molar-refractivity contribution is 9.10. The van der Waals surface area contributed by atoms with E-state index >= 15 is 0 Å². The predicted molar refractivity (Wildman–Crippen MR) is 76.2 cm³/mol. The maximum atomic E-state index is 5.52. The van der Waals surface area contributed by atoms with Crippen LogP contribution in [0, 0.1) is 0 Å². The van der Waals surface area contributed by atoms with Gasteiger partial charge in [-0.3, -0.25) is 0 Å². The zero-order chi connectivity index (χ0) is 13.1. The summed E-state index contributed by atoms with van der Waals surface area (Å²) in [5.74, 6) is 0.862. The van der Waals surface area contributed by atoms with Crippen LogP contribution in [0.5, 0.6) is 5.75 Å². The van der Waals surface area contributed by atoms with E-state index < -0.39 is 0 Å². The van der Waals surface area contributed by atoms with Gasteiger partial charge in [-0.1, -0.05) is 29.3 Å². The summed E-state index contributed by atoms with van der Waals surface area (Å²) in [6.07, 6.45) is 2.29. The maximum Gasteiger partial charge on any atom is 0.119 e. The Labute approximate surface area is 118 Å². The first kappa shape index (κ1) is 15.5. The second-order valence-electron chi connectivity index (χ2n) is 3.88. The minimum Gasteiger partial charge on any atom is -0.491 e. The molecule has 0 aliphatic carbocycles. The van der Waals surface area contributed by atoms with Crippen molar-refractivity contribution in [2.75, 3.05) is 33.0 Å². The number of hydrogen-bond acceptors (Lipinski definition) is 3. The molecule has 0 fully saturated rings. The van der Waals surface area contributed by atoms with E-state index in [1.807, 2.05) is 24.3 Å². The molecule has 18 heavy (non-hydrogen) atoms. The zero-order valence-electron chi connectivity index (χ0n) is 10.9. The Bertz CT molecular complexity index is 300. The summed E-state index contributed by atoms with van der Waals surface area (Å²) in [7, 11) is 0. The third kappa shape index (κ3) is 7.69. The van der Waals surface area contributed by atoms with Gasteiger partial charge in [-0.25, -0.2) is 0 Å². The van der Waals surface area contributed by atoms with Crippen molar-refractivity contribution >= 4 is 15.9 Å². The van der Waals surface area contributed by atoms with Gasteiger partial charge in [0.2, 0.25) is 0 Å². The lowest BCUT2D eigenvalue weighted by atomic mass is 10.3. The first-order valence-electron chi connectivity index (χ1n) is 6.36. The summed E-state index contributed by atoms with van der Waals surface area (Å²) < 4.78 is 17.4. The monoisotopic (exact) mass is 316 g/mol. The van der Waals surface area contributed by atoms with E-state index in [9.17, 15) is 0 Å². The smallest absolute Gasteiger partial charge is 0.119 e. The van der Waals surface area contributed by atoms with Crippen LogP contribution < -0.4 is 4.74 Å². The van der Waals surface area contributed by atoms with Gasteiger partial charge < -0.3 is 14.2 Å². The van der Waals surface area contributed by atoms with Crippen LogP contribution in [-0.4, -0.2) is 33.0 Å².